The van der Waals surface area contributed by atoms with E-state index in [4.69, 9.17) is 4.42 Å². The summed E-state index contributed by atoms with van der Waals surface area (Å²) >= 11 is 0. The Morgan fingerprint density at radius 1 is 1.17 bits per heavy atom. The molecule has 0 aliphatic heterocycles. The predicted molar refractivity (Wildman–Crippen MR) is 88.0 cm³/mol. The summed E-state index contributed by atoms with van der Waals surface area (Å²) in [5.74, 6) is 0.0241. The summed E-state index contributed by atoms with van der Waals surface area (Å²) in [4.78, 5) is 24.1. The molecule has 5 nitrogen and oxygen atoms in total. The molecule has 0 unspecified atom stereocenters. The molecule has 2 amide bonds. The molecule has 1 heterocycles. The molecule has 0 saturated carbocycles. The zero-order valence-corrected chi connectivity index (χ0v) is 13.5. The highest BCUT2D eigenvalue weighted by molar-refractivity contribution is 5.97. The van der Waals surface area contributed by atoms with Gasteiger partial charge in [-0.3, -0.25) is 9.59 Å². The van der Waals surface area contributed by atoms with Gasteiger partial charge in [0.2, 0.25) is 5.91 Å². The molecule has 1 aromatic heterocycles. The summed E-state index contributed by atoms with van der Waals surface area (Å²) in [6.45, 7) is 3.73. The van der Waals surface area contributed by atoms with E-state index in [0.717, 1.165) is 18.4 Å². The molecule has 0 saturated heterocycles. The minimum Gasteiger partial charge on any atom is -0.469 e. The molecule has 0 fully saturated rings. The molecular weight excluding hydrogens is 292 g/mol. The van der Waals surface area contributed by atoms with Gasteiger partial charge in [-0.25, -0.2) is 0 Å². The topological polar surface area (TPSA) is 71.3 Å². The Labute approximate surface area is 136 Å². The number of hydrogen-bond donors (Lipinski definition) is 2. The highest BCUT2D eigenvalue weighted by atomic mass is 16.3. The summed E-state index contributed by atoms with van der Waals surface area (Å²) in [6.07, 6.45) is 3.27. The van der Waals surface area contributed by atoms with E-state index in [-0.39, 0.29) is 24.4 Å². The molecule has 0 spiro atoms. The number of carbonyl (C=O) groups is 2. The van der Waals surface area contributed by atoms with E-state index < -0.39 is 0 Å². The van der Waals surface area contributed by atoms with Crippen molar-refractivity contribution >= 4 is 11.8 Å². The fourth-order valence-electron chi connectivity index (χ4n) is 2.42. The summed E-state index contributed by atoms with van der Waals surface area (Å²) in [6, 6.07) is 11.4. The molecule has 1 atom stereocenters. The third-order valence-corrected chi connectivity index (χ3v) is 3.63. The van der Waals surface area contributed by atoms with Crippen LogP contribution >= 0.6 is 0 Å². The highest BCUT2D eigenvalue weighted by Gasteiger charge is 2.16. The molecule has 0 aliphatic carbocycles. The second-order valence-electron chi connectivity index (χ2n) is 5.39. The maximum atomic E-state index is 12.1. The van der Waals surface area contributed by atoms with Gasteiger partial charge < -0.3 is 15.1 Å². The van der Waals surface area contributed by atoms with E-state index in [1.165, 1.54) is 6.26 Å². The number of amides is 2. The minimum atomic E-state index is -0.307. The smallest absolute Gasteiger partial charge is 0.255 e. The lowest BCUT2D eigenvalue weighted by atomic mass is 10.0. The first-order valence-corrected chi connectivity index (χ1v) is 7.78. The molecular formula is C18H22N2O3. The van der Waals surface area contributed by atoms with Crippen molar-refractivity contribution in [3.05, 3.63) is 59.5 Å². The van der Waals surface area contributed by atoms with E-state index in [1.54, 1.807) is 13.0 Å². The van der Waals surface area contributed by atoms with Crippen molar-refractivity contribution < 1.29 is 14.0 Å². The van der Waals surface area contributed by atoms with Crippen molar-refractivity contribution in [1.29, 1.82) is 0 Å². The van der Waals surface area contributed by atoms with Crippen LogP contribution in [0.25, 0.3) is 0 Å². The van der Waals surface area contributed by atoms with Crippen molar-refractivity contribution in [3.8, 4) is 0 Å². The third kappa shape index (κ3) is 4.71. The van der Waals surface area contributed by atoms with E-state index in [0.29, 0.717) is 11.3 Å². The van der Waals surface area contributed by atoms with Crippen molar-refractivity contribution in [2.75, 3.05) is 6.54 Å². The molecule has 23 heavy (non-hydrogen) atoms. The molecule has 0 aliphatic rings. The Hall–Kier alpha value is -2.56. The Balaban J connectivity index is 1.90. The predicted octanol–water partition coefficient (Wildman–Crippen LogP) is 2.98. The monoisotopic (exact) mass is 314 g/mol. The molecule has 122 valence electrons. The van der Waals surface area contributed by atoms with Gasteiger partial charge >= 0.3 is 0 Å². The highest BCUT2D eigenvalue weighted by Crippen LogP contribution is 2.17. The van der Waals surface area contributed by atoms with Crippen LogP contribution in [0.3, 0.4) is 0 Å². The Bertz CT molecular complexity index is 649. The largest absolute Gasteiger partial charge is 0.469 e. The van der Waals surface area contributed by atoms with Crippen LogP contribution in [0.4, 0.5) is 0 Å². The van der Waals surface area contributed by atoms with E-state index in [1.807, 2.05) is 30.3 Å². The minimum absolute atomic E-state index is 0.0405. The van der Waals surface area contributed by atoms with Gasteiger partial charge in [-0.15, -0.1) is 0 Å². The van der Waals surface area contributed by atoms with Crippen LogP contribution in [-0.2, 0) is 4.79 Å². The van der Waals surface area contributed by atoms with Crippen LogP contribution in [0.5, 0.6) is 0 Å². The average molecular weight is 314 g/mol. The van der Waals surface area contributed by atoms with E-state index in [9.17, 15) is 9.59 Å². The fraction of sp³-hybridized carbons (Fsp3) is 0.333. The van der Waals surface area contributed by atoms with Crippen LogP contribution < -0.4 is 10.6 Å². The first kappa shape index (κ1) is 16.8. The first-order valence-electron chi connectivity index (χ1n) is 7.78. The molecule has 2 N–H and O–H groups in total. The summed E-state index contributed by atoms with van der Waals surface area (Å²) < 4.78 is 5.09. The van der Waals surface area contributed by atoms with Crippen molar-refractivity contribution in [2.24, 2.45) is 0 Å². The SMILES string of the molecule is CCC[C@@H](NC(=O)CNC(=O)c1ccoc1C)c1ccccc1. The Morgan fingerprint density at radius 3 is 2.52 bits per heavy atom. The van der Waals surface area contributed by atoms with Gasteiger partial charge in [0.1, 0.15) is 5.76 Å². The number of carbonyl (C=O) groups excluding carboxylic acids is 2. The van der Waals surface area contributed by atoms with Gasteiger partial charge in [-0.1, -0.05) is 43.7 Å². The van der Waals surface area contributed by atoms with Crippen LogP contribution in [0.2, 0.25) is 0 Å². The number of rotatable bonds is 7. The lowest BCUT2D eigenvalue weighted by Gasteiger charge is -2.18. The number of aryl methyl sites for hydroxylation is 1. The van der Waals surface area contributed by atoms with Gasteiger partial charge in [0.15, 0.2) is 0 Å². The fourth-order valence-corrected chi connectivity index (χ4v) is 2.42. The Kier molecular flexibility index (Phi) is 5.97. The average Bonchev–Trinajstić information content (AvgIpc) is 2.99. The van der Waals surface area contributed by atoms with Crippen LogP contribution in [0.15, 0.2) is 47.1 Å². The van der Waals surface area contributed by atoms with E-state index in [2.05, 4.69) is 17.6 Å². The van der Waals surface area contributed by atoms with Crippen LogP contribution in [-0.4, -0.2) is 18.4 Å². The summed E-state index contributed by atoms with van der Waals surface area (Å²) in [7, 11) is 0. The standard InChI is InChI=1S/C18H22N2O3/c1-3-7-16(14-8-5-4-6-9-14)20-17(21)12-19-18(22)15-10-11-23-13(15)2/h4-6,8-11,16H,3,7,12H2,1-2H3,(H,19,22)(H,20,21)/t16-/m1/s1. The van der Waals surface area contributed by atoms with Crippen LogP contribution in [0.1, 0.15) is 47.5 Å². The van der Waals surface area contributed by atoms with Crippen LogP contribution in [0, 0.1) is 6.92 Å². The number of nitrogens with one attached hydrogen (secondary N) is 2. The molecule has 1 aromatic carbocycles. The molecule has 0 bridgehead atoms. The van der Waals surface area contributed by atoms with Crippen molar-refractivity contribution in [3.63, 3.8) is 0 Å². The molecule has 5 heteroatoms. The lowest BCUT2D eigenvalue weighted by molar-refractivity contribution is -0.120. The molecule has 2 rings (SSSR count). The normalized spacial score (nSPS) is 11.7. The quantitative estimate of drug-likeness (QED) is 0.825. The number of benzene rings is 1. The van der Waals surface area contributed by atoms with E-state index >= 15 is 0 Å². The van der Waals surface area contributed by atoms with Gasteiger partial charge in [0.25, 0.3) is 5.91 Å². The zero-order chi connectivity index (χ0) is 16.7. The number of furan rings is 1. The van der Waals surface area contributed by atoms with Gasteiger partial charge in [0, 0.05) is 0 Å². The molecule has 2 aromatic rings. The van der Waals surface area contributed by atoms with Gasteiger partial charge in [0.05, 0.1) is 24.4 Å². The lowest BCUT2D eigenvalue weighted by Crippen LogP contribution is -2.38. The Morgan fingerprint density at radius 2 is 1.91 bits per heavy atom. The summed E-state index contributed by atoms with van der Waals surface area (Å²) in [5, 5.41) is 5.59. The van der Waals surface area contributed by atoms with Gasteiger partial charge in [-0.2, -0.15) is 0 Å². The third-order valence-electron chi connectivity index (χ3n) is 3.63. The van der Waals surface area contributed by atoms with Gasteiger partial charge in [-0.05, 0) is 25.0 Å². The van der Waals surface area contributed by atoms with Crippen molar-refractivity contribution in [1.82, 2.24) is 10.6 Å². The second-order valence-corrected chi connectivity index (χ2v) is 5.39. The van der Waals surface area contributed by atoms with Crippen molar-refractivity contribution in [2.45, 2.75) is 32.7 Å². The maximum absolute atomic E-state index is 12.1. The molecule has 0 radical (unpaired) electrons. The second kappa shape index (κ2) is 8.17. The maximum Gasteiger partial charge on any atom is 0.255 e. The first-order chi connectivity index (χ1) is 11.1. The number of hydrogen-bond acceptors (Lipinski definition) is 3. The zero-order valence-electron chi connectivity index (χ0n) is 13.5. The summed E-state index contributed by atoms with van der Waals surface area (Å²) in [5.41, 5.74) is 1.52.